The molecule has 2 nitrogen and oxygen atoms in total. The highest BCUT2D eigenvalue weighted by Crippen LogP contribution is 2.42. The molecule has 1 aliphatic carbocycles. The molecule has 0 aromatic heterocycles. The number of nitrogens with zero attached hydrogens (tertiary/aromatic N) is 1. The van der Waals surface area contributed by atoms with Crippen molar-refractivity contribution in [2.75, 3.05) is 19.7 Å². The summed E-state index contributed by atoms with van der Waals surface area (Å²) in [6.45, 7) is 2.83. The molecule has 1 aliphatic heterocycles. The summed E-state index contributed by atoms with van der Waals surface area (Å²) in [5.41, 5.74) is 0.240. The van der Waals surface area contributed by atoms with Crippen LogP contribution >= 0.6 is 0 Å². The zero-order valence-corrected chi connectivity index (χ0v) is 7.76. The van der Waals surface area contributed by atoms with Crippen molar-refractivity contribution in [3.8, 4) is 0 Å². The van der Waals surface area contributed by atoms with Gasteiger partial charge in [-0.15, -0.1) is 0 Å². The van der Waals surface area contributed by atoms with Gasteiger partial charge in [0.2, 0.25) is 0 Å². The van der Waals surface area contributed by atoms with Crippen molar-refractivity contribution >= 4 is 0 Å². The van der Waals surface area contributed by atoms with Crippen molar-refractivity contribution in [1.82, 2.24) is 4.90 Å². The van der Waals surface area contributed by atoms with Crippen molar-refractivity contribution in [1.29, 1.82) is 0 Å². The molecule has 0 aromatic rings. The minimum atomic E-state index is 0.240. The number of likely N-dealkylation sites (tertiary alicyclic amines) is 1. The highest BCUT2D eigenvalue weighted by molar-refractivity contribution is 5.03. The van der Waals surface area contributed by atoms with E-state index >= 15 is 0 Å². The van der Waals surface area contributed by atoms with Gasteiger partial charge in [-0.1, -0.05) is 12.8 Å². The van der Waals surface area contributed by atoms with E-state index in [4.69, 9.17) is 0 Å². The van der Waals surface area contributed by atoms with E-state index in [1.54, 1.807) is 0 Å². The summed E-state index contributed by atoms with van der Waals surface area (Å²) < 4.78 is 0. The summed E-state index contributed by atoms with van der Waals surface area (Å²) in [6, 6.07) is 0. The molecule has 70 valence electrons. The molecule has 0 bridgehead atoms. The van der Waals surface area contributed by atoms with Gasteiger partial charge in [-0.05, 0) is 38.8 Å². The molecule has 2 heteroatoms. The van der Waals surface area contributed by atoms with Crippen LogP contribution in [0.2, 0.25) is 0 Å². The third-order valence-electron chi connectivity index (χ3n) is 3.40. The van der Waals surface area contributed by atoms with Gasteiger partial charge in [-0.25, -0.2) is 0 Å². The van der Waals surface area contributed by atoms with E-state index in [1.165, 1.54) is 51.6 Å². The van der Waals surface area contributed by atoms with Crippen LogP contribution in [0.4, 0.5) is 0 Å². The lowest BCUT2D eigenvalue weighted by Crippen LogP contribution is -2.40. The molecule has 0 atom stereocenters. The summed E-state index contributed by atoms with van der Waals surface area (Å²) in [5.74, 6) is 0. The van der Waals surface area contributed by atoms with Crippen molar-refractivity contribution in [2.24, 2.45) is 0 Å². The SMILES string of the molecule is OCC1(N2CCCCCC2)CC1. The summed E-state index contributed by atoms with van der Waals surface area (Å²) in [5, 5.41) is 9.26. The monoisotopic (exact) mass is 169 g/mol. The van der Waals surface area contributed by atoms with Crippen LogP contribution in [-0.2, 0) is 0 Å². The van der Waals surface area contributed by atoms with Gasteiger partial charge in [0.05, 0.1) is 6.61 Å². The quantitative estimate of drug-likeness (QED) is 0.675. The first-order valence-corrected chi connectivity index (χ1v) is 5.23. The van der Waals surface area contributed by atoms with E-state index in [1.807, 2.05) is 0 Å². The highest BCUT2D eigenvalue weighted by Gasteiger charge is 2.46. The molecule has 2 fully saturated rings. The number of aliphatic hydroxyl groups excluding tert-OH is 1. The molecule has 2 rings (SSSR count). The lowest BCUT2D eigenvalue weighted by atomic mass is 10.2. The fourth-order valence-corrected chi connectivity index (χ4v) is 2.26. The van der Waals surface area contributed by atoms with Gasteiger partial charge in [0, 0.05) is 5.54 Å². The van der Waals surface area contributed by atoms with Crippen LogP contribution in [0.5, 0.6) is 0 Å². The number of aliphatic hydroxyl groups is 1. The molecule has 0 unspecified atom stereocenters. The average Bonchev–Trinajstić information content (AvgIpc) is 2.90. The Labute approximate surface area is 74.6 Å². The second kappa shape index (κ2) is 3.35. The highest BCUT2D eigenvalue weighted by atomic mass is 16.3. The van der Waals surface area contributed by atoms with Gasteiger partial charge in [-0.3, -0.25) is 4.90 Å². The first-order valence-electron chi connectivity index (χ1n) is 5.23. The standard InChI is InChI=1S/C10H19NO/c12-9-10(5-6-10)11-7-3-1-2-4-8-11/h12H,1-9H2. The molecule has 1 heterocycles. The molecular formula is C10H19NO. The number of hydrogen-bond donors (Lipinski definition) is 1. The van der Waals surface area contributed by atoms with Gasteiger partial charge in [0.25, 0.3) is 0 Å². The van der Waals surface area contributed by atoms with Crippen LogP contribution in [0.3, 0.4) is 0 Å². The smallest absolute Gasteiger partial charge is 0.0615 e. The Bertz CT molecular complexity index is 146. The van der Waals surface area contributed by atoms with Crippen molar-refractivity contribution in [3.63, 3.8) is 0 Å². The Morgan fingerprint density at radius 3 is 2.00 bits per heavy atom. The van der Waals surface area contributed by atoms with Gasteiger partial charge >= 0.3 is 0 Å². The normalized spacial score (nSPS) is 29.8. The van der Waals surface area contributed by atoms with Crippen LogP contribution in [-0.4, -0.2) is 35.2 Å². The Kier molecular flexibility index (Phi) is 2.37. The van der Waals surface area contributed by atoms with E-state index < -0.39 is 0 Å². The zero-order valence-electron chi connectivity index (χ0n) is 7.76. The number of rotatable bonds is 2. The lowest BCUT2D eigenvalue weighted by Gasteiger charge is -2.28. The second-order valence-corrected chi connectivity index (χ2v) is 4.28. The van der Waals surface area contributed by atoms with E-state index in [0.29, 0.717) is 6.61 Å². The van der Waals surface area contributed by atoms with E-state index in [0.717, 1.165) is 0 Å². The van der Waals surface area contributed by atoms with Crippen molar-refractivity contribution < 1.29 is 5.11 Å². The summed E-state index contributed by atoms with van der Waals surface area (Å²) in [6.07, 6.45) is 7.90. The molecule has 2 aliphatic rings. The minimum Gasteiger partial charge on any atom is -0.394 e. The third-order valence-corrected chi connectivity index (χ3v) is 3.40. The maximum atomic E-state index is 9.26. The van der Waals surface area contributed by atoms with Crippen LogP contribution in [0.15, 0.2) is 0 Å². The number of hydrogen-bond acceptors (Lipinski definition) is 2. The van der Waals surface area contributed by atoms with Crippen molar-refractivity contribution in [2.45, 2.75) is 44.1 Å². The lowest BCUT2D eigenvalue weighted by molar-refractivity contribution is 0.108. The molecular weight excluding hydrogens is 150 g/mol. The maximum absolute atomic E-state index is 9.26. The maximum Gasteiger partial charge on any atom is 0.0615 e. The van der Waals surface area contributed by atoms with E-state index in [-0.39, 0.29) is 5.54 Å². The van der Waals surface area contributed by atoms with E-state index in [9.17, 15) is 5.11 Å². The molecule has 1 N–H and O–H groups in total. The first-order chi connectivity index (χ1) is 5.87. The summed E-state index contributed by atoms with van der Waals surface area (Å²) in [7, 11) is 0. The molecule has 0 amide bonds. The second-order valence-electron chi connectivity index (χ2n) is 4.28. The average molecular weight is 169 g/mol. The van der Waals surface area contributed by atoms with E-state index in [2.05, 4.69) is 4.90 Å². The summed E-state index contributed by atoms with van der Waals surface area (Å²) in [4.78, 5) is 2.53. The Morgan fingerprint density at radius 1 is 1.00 bits per heavy atom. The summed E-state index contributed by atoms with van der Waals surface area (Å²) >= 11 is 0. The van der Waals surface area contributed by atoms with Crippen LogP contribution in [0.1, 0.15) is 38.5 Å². The zero-order chi connectivity index (χ0) is 8.44. The fourth-order valence-electron chi connectivity index (χ4n) is 2.26. The van der Waals surface area contributed by atoms with Crippen LogP contribution < -0.4 is 0 Å². The minimum absolute atomic E-state index is 0.240. The van der Waals surface area contributed by atoms with Gasteiger partial charge in [-0.2, -0.15) is 0 Å². The molecule has 0 aromatic carbocycles. The van der Waals surface area contributed by atoms with Gasteiger partial charge in [0.15, 0.2) is 0 Å². The third kappa shape index (κ3) is 1.50. The molecule has 1 saturated carbocycles. The van der Waals surface area contributed by atoms with Gasteiger partial charge < -0.3 is 5.11 Å². The van der Waals surface area contributed by atoms with Crippen LogP contribution in [0.25, 0.3) is 0 Å². The predicted octanol–water partition coefficient (Wildman–Crippen LogP) is 1.39. The molecule has 0 spiro atoms. The molecule has 12 heavy (non-hydrogen) atoms. The molecule has 1 saturated heterocycles. The topological polar surface area (TPSA) is 23.5 Å². The fraction of sp³-hybridized carbons (Fsp3) is 1.00. The Hall–Kier alpha value is -0.0800. The Balaban J connectivity index is 1.92. The predicted molar refractivity (Wildman–Crippen MR) is 49.1 cm³/mol. The largest absolute Gasteiger partial charge is 0.394 e. The first kappa shape index (κ1) is 8.52. The van der Waals surface area contributed by atoms with Crippen molar-refractivity contribution in [3.05, 3.63) is 0 Å². The van der Waals surface area contributed by atoms with Gasteiger partial charge in [0.1, 0.15) is 0 Å². The Morgan fingerprint density at radius 2 is 1.58 bits per heavy atom. The molecule has 0 radical (unpaired) electrons. The van der Waals surface area contributed by atoms with Crippen LogP contribution in [0, 0.1) is 0 Å².